The average Bonchev–Trinajstić information content (AvgIpc) is 3.26. The van der Waals surface area contributed by atoms with Gasteiger partial charge < -0.3 is 9.26 Å². The summed E-state index contributed by atoms with van der Waals surface area (Å²) in [5, 5.41) is 4.24. The van der Waals surface area contributed by atoms with Crippen LogP contribution in [-0.4, -0.2) is 16.7 Å². The SMILES string of the molecule is CCCCCCCOc1ccc(-c2noc(C3CCC(CCCC)CC3)n2)cc1. The molecule has 3 rings (SSSR count). The Labute approximate surface area is 176 Å². The molecule has 1 aromatic heterocycles. The molecule has 4 nitrogen and oxygen atoms in total. The third kappa shape index (κ3) is 6.87. The Morgan fingerprint density at radius 1 is 0.897 bits per heavy atom. The Hall–Kier alpha value is -1.84. The highest BCUT2D eigenvalue weighted by atomic mass is 16.5. The summed E-state index contributed by atoms with van der Waals surface area (Å²) in [5.74, 6) is 3.76. The van der Waals surface area contributed by atoms with Crippen molar-refractivity contribution >= 4 is 0 Å². The summed E-state index contributed by atoms with van der Waals surface area (Å²) in [6.45, 7) is 5.30. The van der Waals surface area contributed by atoms with Crippen LogP contribution in [0.15, 0.2) is 28.8 Å². The monoisotopic (exact) mass is 398 g/mol. The Kier molecular flexibility index (Phi) is 9.04. The zero-order chi connectivity index (χ0) is 20.3. The highest BCUT2D eigenvalue weighted by Gasteiger charge is 2.26. The highest BCUT2D eigenvalue weighted by molar-refractivity contribution is 5.55. The molecule has 2 aromatic rings. The molecular formula is C25H38N2O2. The van der Waals surface area contributed by atoms with Crippen molar-refractivity contribution in [2.24, 2.45) is 5.92 Å². The zero-order valence-corrected chi connectivity index (χ0v) is 18.4. The molecule has 160 valence electrons. The molecule has 1 saturated carbocycles. The molecule has 1 aromatic carbocycles. The van der Waals surface area contributed by atoms with Crippen molar-refractivity contribution in [1.29, 1.82) is 0 Å². The van der Waals surface area contributed by atoms with E-state index >= 15 is 0 Å². The van der Waals surface area contributed by atoms with Crippen molar-refractivity contribution in [3.8, 4) is 17.1 Å². The van der Waals surface area contributed by atoms with Gasteiger partial charge in [0.1, 0.15) is 5.75 Å². The summed E-state index contributed by atoms with van der Waals surface area (Å²) < 4.78 is 11.5. The number of hydrogen-bond donors (Lipinski definition) is 0. The second-order valence-electron chi connectivity index (χ2n) is 8.60. The Bertz CT molecular complexity index is 687. The first kappa shape index (κ1) is 21.9. The van der Waals surface area contributed by atoms with Gasteiger partial charge in [-0.1, -0.05) is 63.9 Å². The number of ether oxygens (including phenoxy) is 1. The fourth-order valence-corrected chi connectivity index (χ4v) is 4.31. The van der Waals surface area contributed by atoms with Crippen LogP contribution in [-0.2, 0) is 0 Å². The van der Waals surface area contributed by atoms with E-state index in [1.165, 1.54) is 70.6 Å². The van der Waals surface area contributed by atoms with E-state index in [4.69, 9.17) is 14.2 Å². The number of rotatable bonds is 12. The van der Waals surface area contributed by atoms with E-state index in [0.29, 0.717) is 11.7 Å². The molecule has 1 aliphatic rings. The summed E-state index contributed by atoms with van der Waals surface area (Å²) in [4.78, 5) is 4.71. The molecular weight excluding hydrogens is 360 g/mol. The maximum absolute atomic E-state index is 5.85. The van der Waals surface area contributed by atoms with Gasteiger partial charge in [-0.3, -0.25) is 0 Å². The second kappa shape index (κ2) is 12.0. The summed E-state index contributed by atoms with van der Waals surface area (Å²) >= 11 is 0. The lowest BCUT2D eigenvalue weighted by molar-refractivity contribution is 0.260. The van der Waals surface area contributed by atoms with Crippen molar-refractivity contribution in [3.63, 3.8) is 0 Å². The smallest absolute Gasteiger partial charge is 0.230 e. The third-order valence-corrected chi connectivity index (χ3v) is 6.23. The van der Waals surface area contributed by atoms with Crippen LogP contribution in [0.3, 0.4) is 0 Å². The molecule has 1 aliphatic carbocycles. The summed E-state index contributed by atoms with van der Waals surface area (Å²) in [6, 6.07) is 8.08. The van der Waals surface area contributed by atoms with E-state index in [1.807, 2.05) is 24.3 Å². The largest absolute Gasteiger partial charge is 0.494 e. The third-order valence-electron chi connectivity index (χ3n) is 6.23. The van der Waals surface area contributed by atoms with Gasteiger partial charge in [-0.15, -0.1) is 0 Å². The lowest BCUT2D eigenvalue weighted by Crippen LogP contribution is -2.13. The number of benzene rings is 1. The van der Waals surface area contributed by atoms with Crippen LogP contribution in [0.4, 0.5) is 0 Å². The molecule has 4 heteroatoms. The minimum Gasteiger partial charge on any atom is -0.494 e. The van der Waals surface area contributed by atoms with Crippen molar-refractivity contribution in [1.82, 2.24) is 10.1 Å². The van der Waals surface area contributed by atoms with Crippen LogP contribution < -0.4 is 4.74 Å². The quantitative estimate of drug-likeness (QED) is 0.346. The van der Waals surface area contributed by atoms with Gasteiger partial charge in [0.05, 0.1) is 6.61 Å². The van der Waals surface area contributed by atoms with Gasteiger partial charge in [-0.25, -0.2) is 0 Å². The lowest BCUT2D eigenvalue weighted by Gasteiger charge is -2.26. The van der Waals surface area contributed by atoms with E-state index in [1.54, 1.807) is 0 Å². The first-order chi connectivity index (χ1) is 14.3. The van der Waals surface area contributed by atoms with E-state index in [2.05, 4.69) is 19.0 Å². The molecule has 1 heterocycles. The molecule has 0 amide bonds. The normalized spacial score (nSPS) is 19.4. The van der Waals surface area contributed by atoms with Crippen molar-refractivity contribution in [2.45, 2.75) is 96.8 Å². The van der Waals surface area contributed by atoms with Crippen LogP contribution in [0.1, 0.15) is 103 Å². The number of hydrogen-bond acceptors (Lipinski definition) is 4. The van der Waals surface area contributed by atoms with Gasteiger partial charge in [0.15, 0.2) is 0 Å². The first-order valence-electron chi connectivity index (χ1n) is 11.9. The molecule has 0 N–H and O–H groups in total. The van der Waals surface area contributed by atoms with Crippen LogP contribution in [0.2, 0.25) is 0 Å². The van der Waals surface area contributed by atoms with Gasteiger partial charge in [0.2, 0.25) is 11.7 Å². The number of unbranched alkanes of at least 4 members (excludes halogenated alkanes) is 5. The van der Waals surface area contributed by atoms with Gasteiger partial charge in [0, 0.05) is 11.5 Å². The van der Waals surface area contributed by atoms with Crippen LogP contribution in [0.25, 0.3) is 11.4 Å². The highest BCUT2D eigenvalue weighted by Crippen LogP contribution is 2.37. The first-order valence-corrected chi connectivity index (χ1v) is 11.9. The molecule has 0 aliphatic heterocycles. The van der Waals surface area contributed by atoms with Crippen LogP contribution in [0, 0.1) is 5.92 Å². The van der Waals surface area contributed by atoms with E-state index in [-0.39, 0.29) is 0 Å². The summed E-state index contributed by atoms with van der Waals surface area (Å²) in [5.41, 5.74) is 0.993. The van der Waals surface area contributed by atoms with Gasteiger partial charge >= 0.3 is 0 Å². The Morgan fingerprint density at radius 3 is 2.34 bits per heavy atom. The minimum atomic E-state index is 0.435. The van der Waals surface area contributed by atoms with E-state index in [0.717, 1.165) is 36.1 Å². The zero-order valence-electron chi connectivity index (χ0n) is 18.4. The Balaban J connectivity index is 1.45. The summed E-state index contributed by atoms with van der Waals surface area (Å²) in [7, 11) is 0. The molecule has 1 fully saturated rings. The van der Waals surface area contributed by atoms with Crippen molar-refractivity contribution in [3.05, 3.63) is 30.2 Å². The predicted octanol–water partition coefficient (Wildman–Crippen LogP) is 7.55. The van der Waals surface area contributed by atoms with Gasteiger partial charge in [-0.05, 0) is 62.3 Å². The maximum Gasteiger partial charge on any atom is 0.230 e. The molecule has 0 unspecified atom stereocenters. The molecule has 0 spiro atoms. The minimum absolute atomic E-state index is 0.435. The fraction of sp³-hybridized carbons (Fsp3) is 0.680. The van der Waals surface area contributed by atoms with Crippen molar-refractivity contribution in [2.75, 3.05) is 6.61 Å². The molecule has 0 atom stereocenters. The predicted molar refractivity (Wildman–Crippen MR) is 118 cm³/mol. The number of nitrogens with zero attached hydrogens (tertiary/aromatic N) is 2. The lowest BCUT2D eigenvalue weighted by atomic mass is 9.80. The molecule has 29 heavy (non-hydrogen) atoms. The van der Waals surface area contributed by atoms with Crippen LogP contribution in [0.5, 0.6) is 5.75 Å². The fourth-order valence-electron chi connectivity index (χ4n) is 4.31. The number of aromatic nitrogens is 2. The van der Waals surface area contributed by atoms with E-state index < -0.39 is 0 Å². The molecule has 0 bridgehead atoms. The standard InChI is InChI=1S/C25H38N2O2/c1-3-5-7-8-9-19-28-23-17-15-21(16-18-23)24-26-25(29-27-24)22-13-11-20(12-14-22)10-6-4-2/h15-18,20,22H,3-14,19H2,1-2H3. The van der Waals surface area contributed by atoms with Gasteiger partial charge in [0.25, 0.3) is 0 Å². The van der Waals surface area contributed by atoms with Gasteiger partial charge in [-0.2, -0.15) is 4.98 Å². The van der Waals surface area contributed by atoms with Crippen LogP contribution >= 0.6 is 0 Å². The summed E-state index contributed by atoms with van der Waals surface area (Å²) in [6.07, 6.45) is 15.3. The maximum atomic E-state index is 5.85. The van der Waals surface area contributed by atoms with E-state index in [9.17, 15) is 0 Å². The average molecular weight is 399 g/mol. The molecule has 0 saturated heterocycles. The Morgan fingerprint density at radius 2 is 1.62 bits per heavy atom. The molecule has 0 radical (unpaired) electrons. The van der Waals surface area contributed by atoms with Crippen molar-refractivity contribution < 1.29 is 9.26 Å². The second-order valence-corrected chi connectivity index (χ2v) is 8.60. The topological polar surface area (TPSA) is 48.2 Å².